The topological polar surface area (TPSA) is 32.3 Å². The Hall–Kier alpha value is -1.84. The van der Waals surface area contributed by atoms with E-state index in [0.717, 1.165) is 12.1 Å². The van der Waals surface area contributed by atoms with Gasteiger partial charge in [0.25, 0.3) is 5.91 Å². The first-order chi connectivity index (χ1) is 11.7. The number of rotatable bonds is 5. The molecule has 0 aliphatic carbocycles. The van der Waals surface area contributed by atoms with Gasteiger partial charge >= 0.3 is 0 Å². The summed E-state index contributed by atoms with van der Waals surface area (Å²) in [6.45, 7) is 3.82. The van der Waals surface area contributed by atoms with Crippen molar-refractivity contribution < 1.29 is 4.79 Å². The van der Waals surface area contributed by atoms with Crippen LogP contribution < -0.4 is 5.32 Å². The lowest BCUT2D eigenvalue weighted by atomic mass is 10.1. The molecule has 2 aromatic carbocycles. The van der Waals surface area contributed by atoms with Gasteiger partial charge in [-0.1, -0.05) is 42.3 Å². The molecule has 0 radical (unpaired) electrons. The molecule has 24 heavy (non-hydrogen) atoms. The maximum atomic E-state index is 12.2. The molecule has 3 rings (SSSR count). The van der Waals surface area contributed by atoms with E-state index < -0.39 is 0 Å². The largest absolute Gasteiger partial charge is 0.348 e. The normalized spacial score (nSPS) is 15.2. The molecule has 0 bridgehead atoms. The van der Waals surface area contributed by atoms with E-state index in [1.54, 1.807) is 0 Å². The van der Waals surface area contributed by atoms with Gasteiger partial charge in [0, 0.05) is 23.7 Å². The molecule has 1 fully saturated rings. The number of likely N-dealkylation sites (tertiary alicyclic amines) is 1. The smallest absolute Gasteiger partial charge is 0.251 e. The van der Waals surface area contributed by atoms with Crippen molar-refractivity contribution in [3.63, 3.8) is 0 Å². The second-order valence-electron chi connectivity index (χ2n) is 6.35. The van der Waals surface area contributed by atoms with Gasteiger partial charge in [-0.2, -0.15) is 0 Å². The van der Waals surface area contributed by atoms with E-state index in [0.29, 0.717) is 17.1 Å². The Labute approximate surface area is 148 Å². The van der Waals surface area contributed by atoms with Crippen molar-refractivity contribution in [3.05, 3.63) is 70.2 Å². The number of nitrogens with one attached hydrogen (secondary N) is 1. The summed E-state index contributed by atoms with van der Waals surface area (Å²) in [4.78, 5) is 14.7. The Morgan fingerprint density at radius 3 is 2.46 bits per heavy atom. The summed E-state index contributed by atoms with van der Waals surface area (Å²) in [5.74, 6) is -0.0560. The Morgan fingerprint density at radius 1 is 1.00 bits per heavy atom. The number of hydrogen-bond acceptors (Lipinski definition) is 2. The molecule has 0 unspecified atom stereocenters. The van der Waals surface area contributed by atoms with E-state index >= 15 is 0 Å². The van der Waals surface area contributed by atoms with Crippen LogP contribution in [0.2, 0.25) is 5.02 Å². The average Bonchev–Trinajstić information content (AvgIpc) is 2.61. The SMILES string of the molecule is O=C(NCc1cccc(Cl)c1)c1ccc(CN2CCCCC2)cc1. The molecular weight excluding hydrogens is 320 g/mol. The van der Waals surface area contributed by atoms with Gasteiger partial charge in [0.05, 0.1) is 0 Å². The molecule has 0 aromatic heterocycles. The zero-order valence-electron chi connectivity index (χ0n) is 13.8. The first-order valence-corrected chi connectivity index (χ1v) is 8.92. The van der Waals surface area contributed by atoms with E-state index in [4.69, 9.17) is 11.6 Å². The number of piperidine rings is 1. The van der Waals surface area contributed by atoms with Gasteiger partial charge in [-0.05, 0) is 61.3 Å². The Kier molecular flexibility index (Phi) is 5.89. The fraction of sp³-hybridized carbons (Fsp3) is 0.350. The number of hydrogen-bond donors (Lipinski definition) is 1. The standard InChI is InChI=1S/C20H23ClN2O/c21-19-6-4-5-17(13-19)14-22-20(24)18-9-7-16(8-10-18)15-23-11-2-1-3-12-23/h4-10,13H,1-3,11-12,14-15H2,(H,22,24). The number of benzene rings is 2. The van der Waals surface area contributed by atoms with Gasteiger partial charge in [0.2, 0.25) is 0 Å². The highest BCUT2D eigenvalue weighted by Gasteiger charge is 2.11. The van der Waals surface area contributed by atoms with Gasteiger partial charge < -0.3 is 5.32 Å². The summed E-state index contributed by atoms with van der Waals surface area (Å²) in [5.41, 5.74) is 2.96. The van der Waals surface area contributed by atoms with Crippen LogP contribution in [0.15, 0.2) is 48.5 Å². The van der Waals surface area contributed by atoms with Crippen molar-refractivity contribution in [1.82, 2.24) is 10.2 Å². The Bertz CT molecular complexity index is 678. The first kappa shape index (κ1) is 17.0. The highest BCUT2D eigenvalue weighted by atomic mass is 35.5. The first-order valence-electron chi connectivity index (χ1n) is 8.55. The molecule has 0 saturated carbocycles. The van der Waals surface area contributed by atoms with E-state index in [9.17, 15) is 4.79 Å². The fourth-order valence-electron chi connectivity index (χ4n) is 3.07. The molecule has 1 aliphatic rings. The van der Waals surface area contributed by atoms with Crippen LogP contribution in [0, 0.1) is 0 Å². The summed E-state index contributed by atoms with van der Waals surface area (Å²) < 4.78 is 0. The molecule has 3 nitrogen and oxygen atoms in total. The van der Waals surface area contributed by atoms with Crippen LogP contribution in [0.3, 0.4) is 0 Å². The van der Waals surface area contributed by atoms with Crippen molar-refractivity contribution in [2.75, 3.05) is 13.1 Å². The predicted octanol–water partition coefficient (Wildman–Crippen LogP) is 4.26. The summed E-state index contributed by atoms with van der Waals surface area (Å²) in [7, 11) is 0. The molecule has 2 aromatic rings. The lowest BCUT2D eigenvalue weighted by Gasteiger charge is -2.26. The molecule has 0 atom stereocenters. The average molecular weight is 343 g/mol. The third kappa shape index (κ3) is 4.83. The van der Waals surface area contributed by atoms with Crippen LogP contribution in [0.5, 0.6) is 0 Å². The molecule has 1 N–H and O–H groups in total. The van der Waals surface area contributed by atoms with Gasteiger partial charge in [0.1, 0.15) is 0 Å². The van der Waals surface area contributed by atoms with Crippen LogP contribution in [0.1, 0.15) is 40.7 Å². The zero-order valence-corrected chi connectivity index (χ0v) is 14.6. The van der Waals surface area contributed by atoms with Crippen molar-refractivity contribution >= 4 is 17.5 Å². The van der Waals surface area contributed by atoms with E-state index in [1.807, 2.05) is 36.4 Å². The van der Waals surface area contributed by atoms with Gasteiger partial charge in [-0.3, -0.25) is 9.69 Å². The van der Waals surface area contributed by atoms with E-state index in [1.165, 1.54) is 37.9 Å². The molecule has 1 amide bonds. The third-order valence-corrected chi connectivity index (χ3v) is 4.65. The molecule has 1 aliphatic heterocycles. The number of carbonyl (C=O) groups is 1. The van der Waals surface area contributed by atoms with Crippen LogP contribution >= 0.6 is 11.6 Å². The van der Waals surface area contributed by atoms with E-state index in [2.05, 4.69) is 22.3 Å². The molecule has 1 saturated heterocycles. The minimum Gasteiger partial charge on any atom is -0.348 e. The van der Waals surface area contributed by atoms with Crippen LogP contribution in [-0.4, -0.2) is 23.9 Å². The van der Waals surface area contributed by atoms with Gasteiger partial charge in [-0.25, -0.2) is 0 Å². The number of amides is 1. The maximum Gasteiger partial charge on any atom is 0.251 e. The lowest BCUT2D eigenvalue weighted by molar-refractivity contribution is 0.0951. The molecule has 4 heteroatoms. The highest BCUT2D eigenvalue weighted by Crippen LogP contribution is 2.14. The number of carbonyl (C=O) groups excluding carboxylic acids is 1. The zero-order chi connectivity index (χ0) is 16.8. The summed E-state index contributed by atoms with van der Waals surface area (Å²) in [6, 6.07) is 15.5. The highest BCUT2D eigenvalue weighted by molar-refractivity contribution is 6.30. The van der Waals surface area contributed by atoms with Gasteiger partial charge in [0.15, 0.2) is 0 Å². The number of halogens is 1. The Balaban J connectivity index is 1.53. The number of nitrogens with zero attached hydrogens (tertiary/aromatic N) is 1. The van der Waals surface area contributed by atoms with Gasteiger partial charge in [-0.15, -0.1) is 0 Å². The van der Waals surface area contributed by atoms with Crippen LogP contribution in [0.25, 0.3) is 0 Å². The van der Waals surface area contributed by atoms with Crippen molar-refractivity contribution in [2.24, 2.45) is 0 Å². The van der Waals surface area contributed by atoms with Crippen molar-refractivity contribution in [2.45, 2.75) is 32.4 Å². The molecule has 1 heterocycles. The second kappa shape index (κ2) is 8.32. The molecule has 0 spiro atoms. The van der Waals surface area contributed by atoms with Crippen molar-refractivity contribution in [3.8, 4) is 0 Å². The second-order valence-corrected chi connectivity index (χ2v) is 6.78. The molecular formula is C20H23ClN2O. The quantitative estimate of drug-likeness (QED) is 0.880. The minimum atomic E-state index is -0.0560. The van der Waals surface area contributed by atoms with Crippen LogP contribution in [0.4, 0.5) is 0 Å². The monoisotopic (exact) mass is 342 g/mol. The third-order valence-electron chi connectivity index (χ3n) is 4.41. The molecule has 126 valence electrons. The predicted molar refractivity (Wildman–Crippen MR) is 98.2 cm³/mol. The minimum absolute atomic E-state index is 0.0560. The summed E-state index contributed by atoms with van der Waals surface area (Å²) in [5, 5.41) is 3.62. The maximum absolute atomic E-state index is 12.2. The lowest BCUT2D eigenvalue weighted by Crippen LogP contribution is -2.29. The van der Waals surface area contributed by atoms with Crippen LogP contribution in [-0.2, 0) is 13.1 Å². The Morgan fingerprint density at radius 2 is 1.75 bits per heavy atom. The summed E-state index contributed by atoms with van der Waals surface area (Å²) >= 11 is 5.96. The van der Waals surface area contributed by atoms with Crippen molar-refractivity contribution in [1.29, 1.82) is 0 Å². The van der Waals surface area contributed by atoms with E-state index in [-0.39, 0.29) is 5.91 Å². The fourth-order valence-corrected chi connectivity index (χ4v) is 3.28. The summed E-state index contributed by atoms with van der Waals surface area (Å²) in [6.07, 6.45) is 3.94.